The third-order valence-electron chi connectivity index (χ3n) is 2.89. The molecular weight excluding hydrogens is 375 g/mol. The first-order chi connectivity index (χ1) is 11.1. The highest BCUT2D eigenvalue weighted by molar-refractivity contribution is 6.30. The van der Waals surface area contributed by atoms with Crippen molar-refractivity contribution in [3.63, 3.8) is 0 Å². The number of carbonyl (C=O) groups is 1. The van der Waals surface area contributed by atoms with Gasteiger partial charge >= 0.3 is 6.18 Å². The van der Waals surface area contributed by atoms with Crippen LogP contribution in [0.3, 0.4) is 0 Å². The van der Waals surface area contributed by atoms with Gasteiger partial charge in [-0.2, -0.15) is 13.2 Å². The molecule has 1 aromatic carbocycles. The number of pyridine rings is 1. The van der Waals surface area contributed by atoms with Crippen molar-refractivity contribution in [2.45, 2.75) is 12.7 Å². The summed E-state index contributed by atoms with van der Waals surface area (Å²) < 4.78 is 52.2. The number of nitrogens with zero attached hydrogens (tertiary/aromatic N) is 1. The average Bonchev–Trinajstić information content (AvgIpc) is 2.45. The fourth-order valence-corrected chi connectivity index (χ4v) is 2.19. The van der Waals surface area contributed by atoms with Crippen molar-refractivity contribution in [2.75, 3.05) is 5.32 Å². The lowest BCUT2D eigenvalue weighted by Crippen LogP contribution is -2.29. The second-order valence-electron chi connectivity index (χ2n) is 4.68. The highest BCUT2D eigenvalue weighted by Gasteiger charge is 2.32. The van der Waals surface area contributed by atoms with Gasteiger partial charge in [0.1, 0.15) is 17.4 Å². The molecular formula is C14H8Cl2F4N2O2. The third-order valence-corrected chi connectivity index (χ3v) is 3.39. The molecule has 0 aliphatic carbocycles. The van der Waals surface area contributed by atoms with E-state index in [9.17, 15) is 27.2 Å². The molecule has 10 heteroatoms. The first kappa shape index (κ1) is 18.3. The van der Waals surface area contributed by atoms with Crippen LogP contribution < -0.4 is 10.9 Å². The maximum atomic E-state index is 13.6. The SMILES string of the molecule is O=C(Cn1cc(C(F)(F)F)cc(Cl)c1=O)Nc1ccc(Cl)cc1F. The van der Waals surface area contributed by atoms with E-state index in [0.29, 0.717) is 16.8 Å². The minimum Gasteiger partial charge on any atom is -0.322 e. The van der Waals surface area contributed by atoms with Crippen LogP contribution in [0.1, 0.15) is 5.56 Å². The number of aromatic nitrogens is 1. The van der Waals surface area contributed by atoms with Crippen molar-refractivity contribution in [1.29, 1.82) is 0 Å². The van der Waals surface area contributed by atoms with Crippen molar-refractivity contribution >= 4 is 34.8 Å². The number of alkyl halides is 3. The Bertz CT molecular complexity index is 850. The summed E-state index contributed by atoms with van der Waals surface area (Å²) in [6.45, 7) is -0.773. The van der Waals surface area contributed by atoms with Crippen LogP contribution in [0.25, 0.3) is 0 Å². The molecule has 0 fully saturated rings. The third kappa shape index (κ3) is 4.27. The first-order valence-electron chi connectivity index (χ1n) is 6.30. The molecule has 0 spiro atoms. The topological polar surface area (TPSA) is 51.1 Å². The van der Waals surface area contributed by atoms with Gasteiger partial charge in [-0.25, -0.2) is 4.39 Å². The van der Waals surface area contributed by atoms with Gasteiger partial charge in [-0.3, -0.25) is 9.59 Å². The van der Waals surface area contributed by atoms with Gasteiger partial charge in [0, 0.05) is 11.2 Å². The van der Waals surface area contributed by atoms with Gasteiger partial charge < -0.3 is 9.88 Å². The Labute approximate surface area is 142 Å². The Morgan fingerprint density at radius 3 is 2.46 bits per heavy atom. The first-order valence-corrected chi connectivity index (χ1v) is 7.05. The number of hydrogen-bond acceptors (Lipinski definition) is 2. The van der Waals surface area contributed by atoms with Gasteiger partial charge in [0.25, 0.3) is 5.56 Å². The van der Waals surface area contributed by atoms with Gasteiger partial charge in [-0.05, 0) is 24.3 Å². The second kappa shape index (κ2) is 6.82. The van der Waals surface area contributed by atoms with E-state index in [1.54, 1.807) is 0 Å². The van der Waals surface area contributed by atoms with Crippen LogP contribution in [0.15, 0.2) is 35.3 Å². The summed E-state index contributed by atoms with van der Waals surface area (Å²) in [4.78, 5) is 23.6. The molecule has 128 valence electrons. The van der Waals surface area contributed by atoms with Crippen LogP contribution in [0, 0.1) is 5.82 Å². The molecule has 0 radical (unpaired) electrons. The summed E-state index contributed by atoms with van der Waals surface area (Å²) in [6, 6.07) is 3.91. The minimum absolute atomic E-state index is 0.103. The van der Waals surface area contributed by atoms with Crippen LogP contribution in [-0.4, -0.2) is 10.5 Å². The minimum atomic E-state index is -4.74. The smallest absolute Gasteiger partial charge is 0.322 e. The Kier molecular flexibility index (Phi) is 5.19. The number of amides is 1. The number of nitrogens with one attached hydrogen (secondary N) is 1. The summed E-state index contributed by atoms with van der Waals surface area (Å²) in [5.41, 5.74) is -2.38. The maximum Gasteiger partial charge on any atom is 0.417 e. The Hall–Kier alpha value is -2.06. The largest absolute Gasteiger partial charge is 0.417 e. The number of halogens is 6. The monoisotopic (exact) mass is 382 g/mol. The van der Waals surface area contributed by atoms with Gasteiger partial charge in [0.2, 0.25) is 5.91 Å². The predicted octanol–water partition coefficient (Wildman–Crippen LogP) is 3.95. The molecule has 1 aromatic heterocycles. The molecule has 2 rings (SSSR count). The lowest BCUT2D eigenvalue weighted by Gasteiger charge is -2.12. The molecule has 4 nitrogen and oxygen atoms in total. The summed E-state index contributed by atoms with van der Waals surface area (Å²) in [7, 11) is 0. The molecule has 0 bridgehead atoms. The molecule has 0 atom stereocenters. The number of rotatable bonds is 3. The lowest BCUT2D eigenvalue weighted by atomic mass is 10.2. The van der Waals surface area contributed by atoms with Crippen LogP contribution in [0.5, 0.6) is 0 Å². The molecule has 2 aromatic rings. The van der Waals surface area contributed by atoms with Crippen molar-refractivity contribution < 1.29 is 22.4 Å². The quantitative estimate of drug-likeness (QED) is 0.817. The fraction of sp³-hybridized carbons (Fsp3) is 0.143. The van der Waals surface area contributed by atoms with E-state index >= 15 is 0 Å². The van der Waals surface area contributed by atoms with Crippen molar-refractivity contribution in [1.82, 2.24) is 4.57 Å². The Morgan fingerprint density at radius 2 is 1.88 bits per heavy atom. The van der Waals surface area contributed by atoms with E-state index in [1.807, 2.05) is 0 Å². The molecule has 0 aliphatic heterocycles. The molecule has 1 N–H and O–H groups in total. The molecule has 0 aliphatic rings. The van der Waals surface area contributed by atoms with Crippen LogP contribution in [-0.2, 0) is 17.5 Å². The standard InChI is InChI=1S/C14H8Cl2F4N2O2/c15-8-1-2-11(10(17)4-8)21-12(23)6-22-5-7(14(18,19)20)3-9(16)13(22)24/h1-5H,6H2,(H,21,23). The van der Waals surface area contributed by atoms with Gasteiger partial charge in [0.15, 0.2) is 0 Å². The number of carbonyl (C=O) groups excluding carboxylic acids is 1. The van der Waals surface area contributed by atoms with E-state index in [4.69, 9.17) is 23.2 Å². The Morgan fingerprint density at radius 1 is 1.21 bits per heavy atom. The van der Waals surface area contributed by atoms with Crippen LogP contribution in [0.2, 0.25) is 10.0 Å². The highest BCUT2D eigenvalue weighted by atomic mass is 35.5. The van der Waals surface area contributed by atoms with E-state index in [1.165, 1.54) is 12.1 Å². The zero-order chi connectivity index (χ0) is 18.1. The van der Waals surface area contributed by atoms with Gasteiger partial charge in [0.05, 0.1) is 11.3 Å². The molecule has 0 saturated carbocycles. The number of anilines is 1. The normalized spacial score (nSPS) is 11.4. The number of hydrogen-bond donors (Lipinski definition) is 1. The molecule has 1 heterocycles. The van der Waals surface area contributed by atoms with E-state index in [2.05, 4.69) is 5.32 Å². The highest BCUT2D eigenvalue weighted by Crippen LogP contribution is 2.29. The van der Waals surface area contributed by atoms with E-state index in [-0.39, 0.29) is 10.7 Å². The molecule has 0 unspecified atom stereocenters. The number of benzene rings is 1. The van der Waals surface area contributed by atoms with Crippen molar-refractivity contribution in [3.05, 3.63) is 62.2 Å². The van der Waals surface area contributed by atoms with Crippen LogP contribution >= 0.6 is 23.2 Å². The fourth-order valence-electron chi connectivity index (χ4n) is 1.81. The second-order valence-corrected chi connectivity index (χ2v) is 5.52. The van der Waals surface area contributed by atoms with E-state index in [0.717, 1.165) is 6.07 Å². The summed E-state index contributed by atoms with van der Waals surface area (Å²) in [5.74, 6) is -1.74. The van der Waals surface area contributed by atoms with Crippen LogP contribution in [0.4, 0.5) is 23.2 Å². The van der Waals surface area contributed by atoms with Gasteiger partial charge in [-0.15, -0.1) is 0 Å². The molecule has 24 heavy (non-hydrogen) atoms. The summed E-state index contributed by atoms with van der Waals surface area (Å²) in [6.07, 6.45) is -4.27. The van der Waals surface area contributed by atoms with Crippen molar-refractivity contribution in [2.24, 2.45) is 0 Å². The van der Waals surface area contributed by atoms with Gasteiger partial charge in [-0.1, -0.05) is 23.2 Å². The average molecular weight is 383 g/mol. The molecule has 0 saturated heterocycles. The van der Waals surface area contributed by atoms with E-state index < -0.39 is 40.6 Å². The molecule has 1 amide bonds. The Balaban J connectivity index is 2.25. The summed E-state index contributed by atoms with van der Waals surface area (Å²) >= 11 is 11.0. The maximum absolute atomic E-state index is 13.6. The zero-order valence-corrected chi connectivity index (χ0v) is 13.1. The van der Waals surface area contributed by atoms with Crippen molar-refractivity contribution in [3.8, 4) is 0 Å². The predicted molar refractivity (Wildman–Crippen MR) is 80.8 cm³/mol. The summed E-state index contributed by atoms with van der Waals surface area (Å²) in [5, 5.41) is 1.55. The lowest BCUT2D eigenvalue weighted by molar-refractivity contribution is -0.138. The zero-order valence-electron chi connectivity index (χ0n) is 11.6.